The van der Waals surface area contributed by atoms with Crippen molar-refractivity contribution in [3.05, 3.63) is 109 Å². The highest BCUT2D eigenvalue weighted by Gasteiger charge is 2.57. The molecule has 0 amide bonds. The predicted molar refractivity (Wildman–Crippen MR) is 150 cm³/mol. The fourth-order valence-electron chi connectivity index (χ4n) is 6.12. The molecular weight excluding hydrogens is 500 g/mol. The van der Waals surface area contributed by atoms with E-state index in [4.69, 9.17) is 25.3 Å². The molecule has 1 aliphatic heterocycles. The molecule has 6 aromatic rings. The Kier molecular flexibility index (Phi) is 5.12. The molecule has 40 heavy (non-hydrogen) atoms. The largest absolute Gasteiger partial charge is 0.347 e. The number of hydrogen-bond acceptors (Lipinski definition) is 6. The number of ether oxygens (including phenoxy) is 2. The van der Waals surface area contributed by atoms with E-state index in [1.807, 2.05) is 59.7 Å². The molecular formula is C32H27N6O2+. The smallest absolute Gasteiger partial charge is 0.315 e. The minimum absolute atomic E-state index is 0.466. The molecule has 8 heteroatoms. The highest BCUT2D eigenvalue weighted by atomic mass is 16.7. The van der Waals surface area contributed by atoms with Gasteiger partial charge in [-0.05, 0) is 47.5 Å². The number of pyridine rings is 3. The number of nitrogens with two attached hydrogens (primary N) is 1. The summed E-state index contributed by atoms with van der Waals surface area (Å²) in [6.07, 6.45) is 8.87. The van der Waals surface area contributed by atoms with Gasteiger partial charge >= 0.3 is 5.82 Å². The van der Waals surface area contributed by atoms with Crippen molar-refractivity contribution in [2.75, 3.05) is 13.2 Å². The molecule has 1 spiro atoms. The first-order chi connectivity index (χ1) is 19.6. The van der Waals surface area contributed by atoms with Crippen LogP contribution in [0.4, 0.5) is 0 Å². The Labute approximate surface area is 230 Å². The lowest BCUT2D eigenvalue weighted by Crippen LogP contribution is -2.60. The summed E-state index contributed by atoms with van der Waals surface area (Å²) in [5.41, 5.74) is 13.2. The second-order valence-electron chi connectivity index (χ2n) is 10.7. The Balaban J connectivity index is 1.28. The first-order valence-electron chi connectivity index (χ1n) is 13.5. The van der Waals surface area contributed by atoms with Gasteiger partial charge in [-0.3, -0.25) is 9.97 Å². The van der Waals surface area contributed by atoms with Gasteiger partial charge in [0.05, 0.1) is 46.5 Å². The van der Waals surface area contributed by atoms with Crippen molar-refractivity contribution in [3.63, 3.8) is 0 Å². The van der Waals surface area contributed by atoms with E-state index in [1.165, 1.54) is 0 Å². The summed E-state index contributed by atoms with van der Waals surface area (Å²) in [6.45, 7) is 1.26. The molecule has 196 valence electrons. The van der Waals surface area contributed by atoms with Crippen molar-refractivity contribution in [2.24, 2.45) is 5.73 Å². The van der Waals surface area contributed by atoms with Crippen LogP contribution in [0.2, 0.25) is 0 Å². The predicted octanol–water partition coefficient (Wildman–Crippen LogP) is 4.58. The van der Waals surface area contributed by atoms with Crippen LogP contribution < -0.4 is 10.1 Å². The van der Waals surface area contributed by atoms with E-state index in [2.05, 4.69) is 51.8 Å². The minimum Gasteiger partial charge on any atom is -0.347 e. The third-order valence-corrected chi connectivity index (χ3v) is 8.09. The lowest BCUT2D eigenvalue weighted by atomic mass is 9.68. The zero-order valence-corrected chi connectivity index (χ0v) is 21.8. The van der Waals surface area contributed by atoms with Gasteiger partial charge in [0.25, 0.3) is 5.65 Å². The maximum absolute atomic E-state index is 6.78. The Morgan fingerprint density at radius 1 is 0.825 bits per heavy atom. The van der Waals surface area contributed by atoms with Gasteiger partial charge in [0.15, 0.2) is 5.79 Å². The van der Waals surface area contributed by atoms with Crippen LogP contribution >= 0.6 is 0 Å². The minimum atomic E-state index is -0.511. The molecule has 1 aliphatic carbocycles. The lowest BCUT2D eigenvalue weighted by Gasteiger charge is -2.50. The molecule has 0 atom stereocenters. The van der Waals surface area contributed by atoms with Gasteiger partial charge in [-0.15, -0.1) is 0 Å². The van der Waals surface area contributed by atoms with Gasteiger partial charge in [0.2, 0.25) is 0 Å². The Hall–Kier alpha value is -4.50. The summed E-state index contributed by atoms with van der Waals surface area (Å²) in [4.78, 5) is 9.16. The van der Waals surface area contributed by atoms with Gasteiger partial charge < -0.3 is 15.2 Å². The number of nitrogens with zero attached hydrogens (tertiary/aromatic N) is 5. The lowest BCUT2D eigenvalue weighted by molar-refractivity contribution is -0.498. The molecule has 5 heterocycles. The Morgan fingerprint density at radius 2 is 1.60 bits per heavy atom. The first kappa shape index (κ1) is 23.4. The number of benzene rings is 2. The third-order valence-electron chi connectivity index (χ3n) is 8.09. The molecule has 8 nitrogen and oxygen atoms in total. The monoisotopic (exact) mass is 527 g/mol. The summed E-state index contributed by atoms with van der Waals surface area (Å²) >= 11 is 0. The molecule has 0 radical (unpaired) electrons. The van der Waals surface area contributed by atoms with E-state index in [0.717, 1.165) is 50.3 Å². The molecule has 1 saturated carbocycles. The van der Waals surface area contributed by atoms with E-state index in [0.29, 0.717) is 26.1 Å². The SMILES string of the molecule is NC1(c2ccc(-n3nc(-c4cccnc4)[n+]4ccc5ncc(-c6ccccc6)cc5c34)cc2)CC2(C1)OCCO2. The molecule has 2 aromatic carbocycles. The van der Waals surface area contributed by atoms with Crippen LogP contribution in [0, 0.1) is 0 Å². The van der Waals surface area contributed by atoms with Crippen molar-refractivity contribution in [2.45, 2.75) is 24.2 Å². The summed E-state index contributed by atoms with van der Waals surface area (Å²) in [6, 6.07) is 26.8. The number of hydrogen-bond donors (Lipinski definition) is 1. The fourth-order valence-corrected chi connectivity index (χ4v) is 6.12. The molecule has 4 aromatic heterocycles. The van der Waals surface area contributed by atoms with Crippen molar-refractivity contribution in [1.29, 1.82) is 0 Å². The molecule has 1 saturated heterocycles. The summed E-state index contributed by atoms with van der Waals surface area (Å²) < 4.78 is 15.8. The topological polar surface area (TPSA) is 92.2 Å². The quantitative estimate of drug-likeness (QED) is 0.338. The van der Waals surface area contributed by atoms with Gasteiger partial charge in [-0.1, -0.05) is 47.1 Å². The van der Waals surface area contributed by atoms with Crippen molar-refractivity contribution >= 4 is 16.6 Å². The zero-order valence-electron chi connectivity index (χ0n) is 21.8. The van der Waals surface area contributed by atoms with Crippen LogP contribution in [0.15, 0.2) is 104 Å². The summed E-state index contributed by atoms with van der Waals surface area (Å²) in [5.74, 6) is 0.287. The van der Waals surface area contributed by atoms with Crippen LogP contribution in [0.1, 0.15) is 18.4 Å². The van der Waals surface area contributed by atoms with E-state index in [-0.39, 0.29) is 0 Å². The highest BCUT2D eigenvalue weighted by molar-refractivity contribution is 5.93. The maximum Gasteiger partial charge on any atom is 0.315 e. The highest BCUT2D eigenvalue weighted by Crippen LogP contribution is 2.51. The van der Waals surface area contributed by atoms with Gasteiger partial charge in [-0.2, -0.15) is 4.40 Å². The van der Waals surface area contributed by atoms with Crippen LogP contribution in [0.25, 0.3) is 44.8 Å². The zero-order chi connectivity index (χ0) is 26.7. The van der Waals surface area contributed by atoms with Crippen molar-refractivity contribution in [1.82, 2.24) is 19.7 Å². The number of rotatable bonds is 4. The Morgan fingerprint density at radius 3 is 2.35 bits per heavy atom. The van der Waals surface area contributed by atoms with E-state index >= 15 is 0 Å². The van der Waals surface area contributed by atoms with Gasteiger partial charge in [0, 0.05) is 37.0 Å². The molecule has 2 fully saturated rings. The normalized spacial score (nSPS) is 17.4. The number of aromatic nitrogens is 5. The molecule has 2 N–H and O–H groups in total. The second kappa shape index (κ2) is 8.76. The molecule has 0 bridgehead atoms. The number of fused-ring (bicyclic) bond motifs is 3. The van der Waals surface area contributed by atoms with E-state index < -0.39 is 11.3 Å². The standard InChI is InChI=1S/C32H27N6O2/c33-31(20-32(21-31)39-15-16-40-32)25-8-10-26(11-9-25)38-30-27-17-24(22-5-2-1-3-6-22)19-35-28(27)12-14-37(30)29(36-38)23-7-4-13-34-18-23/h1-14,17-19H,15-16,20-21,33H2/q+1. The maximum atomic E-state index is 6.78. The van der Waals surface area contributed by atoms with Crippen LogP contribution in [-0.4, -0.2) is 38.7 Å². The fraction of sp³-hybridized carbons (Fsp3) is 0.188. The summed E-state index contributed by atoms with van der Waals surface area (Å²) in [5, 5.41) is 6.11. The van der Waals surface area contributed by atoms with Crippen LogP contribution in [-0.2, 0) is 15.0 Å². The van der Waals surface area contributed by atoms with Crippen LogP contribution in [0.3, 0.4) is 0 Å². The van der Waals surface area contributed by atoms with Crippen molar-refractivity contribution in [3.8, 4) is 28.2 Å². The summed E-state index contributed by atoms with van der Waals surface area (Å²) in [7, 11) is 0. The average Bonchev–Trinajstić information content (AvgIpc) is 3.63. The van der Waals surface area contributed by atoms with Crippen LogP contribution in [0.5, 0.6) is 0 Å². The first-order valence-corrected chi connectivity index (χ1v) is 13.5. The molecule has 8 rings (SSSR count). The Bertz CT molecular complexity index is 1860. The van der Waals surface area contributed by atoms with E-state index in [9.17, 15) is 0 Å². The molecule has 2 aliphatic rings. The average molecular weight is 528 g/mol. The van der Waals surface area contributed by atoms with E-state index in [1.54, 1.807) is 6.20 Å². The third kappa shape index (κ3) is 3.65. The van der Waals surface area contributed by atoms with Gasteiger partial charge in [0.1, 0.15) is 5.69 Å². The van der Waals surface area contributed by atoms with Gasteiger partial charge in [-0.25, -0.2) is 0 Å². The van der Waals surface area contributed by atoms with Crippen molar-refractivity contribution < 1.29 is 13.9 Å². The molecule has 0 unspecified atom stereocenters. The second-order valence-corrected chi connectivity index (χ2v) is 10.7.